The molecular weight excluding hydrogens is 200 g/mol. The molecule has 0 spiro atoms. The van der Waals surface area contributed by atoms with E-state index in [1.165, 1.54) is 11.3 Å². The van der Waals surface area contributed by atoms with Crippen molar-refractivity contribution in [1.82, 2.24) is 4.90 Å². The van der Waals surface area contributed by atoms with E-state index in [2.05, 4.69) is 30.8 Å². The second-order valence-electron chi connectivity index (χ2n) is 5.33. The zero-order valence-corrected chi connectivity index (χ0v) is 10.1. The summed E-state index contributed by atoms with van der Waals surface area (Å²) in [6.45, 7) is 3.43. The fourth-order valence-corrected chi connectivity index (χ4v) is 3.56. The average molecular weight is 218 g/mol. The molecule has 2 heterocycles. The molecule has 0 unspecified atom stereocenters. The van der Waals surface area contributed by atoms with Crippen molar-refractivity contribution in [1.29, 1.82) is 0 Å². The van der Waals surface area contributed by atoms with Crippen molar-refractivity contribution in [3.63, 3.8) is 0 Å². The second kappa shape index (κ2) is 2.92. The van der Waals surface area contributed by atoms with Crippen molar-refractivity contribution in [2.24, 2.45) is 0 Å². The van der Waals surface area contributed by atoms with Crippen LogP contribution in [0.4, 0.5) is 5.69 Å². The minimum absolute atomic E-state index is 0.164. The van der Waals surface area contributed by atoms with E-state index in [-0.39, 0.29) is 5.41 Å². The molecule has 16 heavy (non-hydrogen) atoms. The first-order valence-corrected chi connectivity index (χ1v) is 5.80. The van der Waals surface area contributed by atoms with Gasteiger partial charge >= 0.3 is 0 Å². The quantitative estimate of drug-likeness (QED) is 0.719. The number of nitrogens with zero attached hydrogens (tertiary/aromatic N) is 2. The molecule has 3 heteroatoms. The Morgan fingerprint density at radius 3 is 2.88 bits per heavy atom. The normalized spacial score (nSPS) is 32.9. The lowest BCUT2D eigenvalue weighted by molar-refractivity contribution is 0.268. The van der Waals surface area contributed by atoms with Gasteiger partial charge in [-0.05, 0) is 37.2 Å². The highest BCUT2D eigenvalue weighted by atomic mass is 16.3. The van der Waals surface area contributed by atoms with Crippen molar-refractivity contribution in [3.8, 4) is 5.75 Å². The summed E-state index contributed by atoms with van der Waals surface area (Å²) in [6, 6.07) is 5.74. The summed E-state index contributed by atoms with van der Waals surface area (Å²) in [5, 5.41) is 9.65. The van der Waals surface area contributed by atoms with Gasteiger partial charge in [-0.25, -0.2) is 0 Å². The molecule has 1 aromatic carbocycles. The predicted octanol–water partition coefficient (Wildman–Crippen LogP) is 1.76. The zero-order chi connectivity index (χ0) is 11.5. The van der Waals surface area contributed by atoms with Crippen molar-refractivity contribution >= 4 is 5.69 Å². The molecule has 86 valence electrons. The number of anilines is 1. The summed E-state index contributed by atoms with van der Waals surface area (Å²) in [7, 11) is 4.33. The first kappa shape index (κ1) is 9.97. The number of likely N-dealkylation sites (tertiary alicyclic amines) is 1. The van der Waals surface area contributed by atoms with Gasteiger partial charge in [0.15, 0.2) is 0 Å². The Kier molecular flexibility index (Phi) is 1.82. The largest absolute Gasteiger partial charge is 0.508 e. The zero-order valence-electron chi connectivity index (χ0n) is 10.1. The van der Waals surface area contributed by atoms with Crippen LogP contribution in [0.2, 0.25) is 0 Å². The lowest BCUT2D eigenvalue weighted by Crippen LogP contribution is -2.45. The number of phenolic OH excluding ortho intramolecular Hbond substituents is 1. The smallest absolute Gasteiger partial charge is 0.116 e. The van der Waals surface area contributed by atoms with Gasteiger partial charge in [-0.3, -0.25) is 4.90 Å². The van der Waals surface area contributed by atoms with Crippen LogP contribution in [-0.4, -0.2) is 36.8 Å². The number of aromatic hydroxyl groups is 1. The number of fused-ring (bicyclic) bond motifs is 3. The standard InChI is InChI=1S/C13H18N2O/c1-13-6-7-14(2)12(13)15(3)11-5-4-9(16)8-10(11)13/h4-5,8,12,16H,6-7H2,1-3H3/t12-,13-/m0/s1. The Labute approximate surface area is 96.3 Å². The van der Waals surface area contributed by atoms with E-state index in [4.69, 9.17) is 0 Å². The van der Waals surface area contributed by atoms with Crippen LogP contribution in [0.3, 0.4) is 0 Å². The van der Waals surface area contributed by atoms with Crippen LogP contribution < -0.4 is 4.90 Å². The number of benzene rings is 1. The first-order valence-electron chi connectivity index (χ1n) is 5.80. The van der Waals surface area contributed by atoms with Crippen LogP contribution in [0.1, 0.15) is 18.9 Å². The van der Waals surface area contributed by atoms with Crippen molar-refractivity contribution in [3.05, 3.63) is 23.8 Å². The maximum absolute atomic E-state index is 9.65. The van der Waals surface area contributed by atoms with Crippen molar-refractivity contribution < 1.29 is 5.11 Å². The topological polar surface area (TPSA) is 26.7 Å². The third-order valence-corrected chi connectivity index (χ3v) is 4.31. The number of hydrogen-bond acceptors (Lipinski definition) is 3. The van der Waals surface area contributed by atoms with Crippen LogP contribution in [-0.2, 0) is 5.41 Å². The van der Waals surface area contributed by atoms with E-state index in [9.17, 15) is 5.11 Å². The highest BCUT2D eigenvalue weighted by Crippen LogP contribution is 2.51. The minimum Gasteiger partial charge on any atom is -0.508 e. The molecule has 0 radical (unpaired) electrons. The molecule has 0 aliphatic carbocycles. The molecule has 0 bridgehead atoms. The molecule has 2 atom stereocenters. The minimum atomic E-state index is 0.164. The van der Waals surface area contributed by atoms with Gasteiger partial charge in [-0.15, -0.1) is 0 Å². The first-order chi connectivity index (χ1) is 7.54. The SMILES string of the molecule is CN1CC[C@@]2(C)c3cc(O)ccc3N(C)[C@H]12. The van der Waals surface area contributed by atoms with Crippen LogP contribution >= 0.6 is 0 Å². The van der Waals surface area contributed by atoms with Gasteiger partial charge in [-0.2, -0.15) is 0 Å². The fraction of sp³-hybridized carbons (Fsp3) is 0.538. The number of likely N-dealkylation sites (N-methyl/N-ethyl adjacent to an activating group) is 2. The monoisotopic (exact) mass is 218 g/mol. The Morgan fingerprint density at radius 1 is 1.38 bits per heavy atom. The number of hydrogen-bond donors (Lipinski definition) is 1. The van der Waals surface area contributed by atoms with Crippen molar-refractivity contribution in [2.45, 2.75) is 24.9 Å². The predicted molar refractivity (Wildman–Crippen MR) is 64.9 cm³/mol. The van der Waals surface area contributed by atoms with Gasteiger partial charge in [0.05, 0.1) is 6.17 Å². The summed E-state index contributed by atoms with van der Waals surface area (Å²) < 4.78 is 0. The van der Waals surface area contributed by atoms with Crippen molar-refractivity contribution in [2.75, 3.05) is 25.5 Å². The lowest BCUT2D eigenvalue weighted by Gasteiger charge is -2.32. The van der Waals surface area contributed by atoms with Crippen LogP contribution in [0.15, 0.2) is 18.2 Å². The molecule has 1 saturated heterocycles. The maximum atomic E-state index is 9.65. The summed E-state index contributed by atoms with van der Waals surface area (Å²) in [5.74, 6) is 0.378. The van der Waals surface area contributed by atoms with E-state index in [1.54, 1.807) is 6.07 Å². The molecule has 2 aliphatic rings. The third-order valence-electron chi connectivity index (χ3n) is 4.31. The van der Waals surface area contributed by atoms with Gasteiger partial charge < -0.3 is 10.0 Å². The third kappa shape index (κ3) is 1.02. The molecule has 0 amide bonds. The van der Waals surface area contributed by atoms with Crippen LogP contribution in [0, 0.1) is 0 Å². The number of phenols is 1. The molecule has 2 aliphatic heterocycles. The van der Waals surface area contributed by atoms with E-state index in [0.717, 1.165) is 13.0 Å². The molecular formula is C13H18N2O. The molecule has 0 saturated carbocycles. The fourth-order valence-electron chi connectivity index (χ4n) is 3.56. The van der Waals surface area contributed by atoms with E-state index >= 15 is 0 Å². The Balaban J connectivity index is 2.20. The Bertz CT molecular complexity index is 446. The van der Waals surface area contributed by atoms with Gasteiger partial charge in [0.2, 0.25) is 0 Å². The number of rotatable bonds is 0. The van der Waals surface area contributed by atoms with Gasteiger partial charge in [-0.1, -0.05) is 6.92 Å². The molecule has 1 N–H and O–H groups in total. The van der Waals surface area contributed by atoms with Crippen LogP contribution in [0.25, 0.3) is 0 Å². The molecule has 3 rings (SSSR count). The lowest BCUT2D eigenvalue weighted by atomic mass is 9.81. The van der Waals surface area contributed by atoms with Gasteiger partial charge in [0, 0.05) is 24.7 Å². The molecule has 3 nitrogen and oxygen atoms in total. The average Bonchev–Trinajstić information content (AvgIpc) is 2.65. The maximum Gasteiger partial charge on any atom is 0.116 e. The molecule has 1 fully saturated rings. The molecule has 0 aromatic heterocycles. The van der Waals surface area contributed by atoms with Gasteiger partial charge in [0.25, 0.3) is 0 Å². The summed E-state index contributed by atoms with van der Waals surface area (Å²) in [6.07, 6.45) is 1.60. The van der Waals surface area contributed by atoms with Crippen LogP contribution in [0.5, 0.6) is 5.75 Å². The summed E-state index contributed by atoms with van der Waals surface area (Å²) >= 11 is 0. The highest BCUT2D eigenvalue weighted by molar-refractivity contribution is 5.65. The Morgan fingerprint density at radius 2 is 2.12 bits per heavy atom. The molecule has 1 aromatic rings. The second-order valence-corrected chi connectivity index (χ2v) is 5.33. The van der Waals surface area contributed by atoms with E-state index in [1.807, 2.05) is 12.1 Å². The van der Waals surface area contributed by atoms with E-state index in [0.29, 0.717) is 11.9 Å². The van der Waals surface area contributed by atoms with E-state index < -0.39 is 0 Å². The highest BCUT2D eigenvalue weighted by Gasteiger charge is 2.52. The Hall–Kier alpha value is -1.22. The summed E-state index contributed by atoms with van der Waals surface area (Å²) in [5.41, 5.74) is 2.72. The summed E-state index contributed by atoms with van der Waals surface area (Å²) in [4.78, 5) is 4.73. The van der Waals surface area contributed by atoms with Gasteiger partial charge in [0.1, 0.15) is 5.75 Å².